The Morgan fingerprint density at radius 1 is 1.28 bits per heavy atom. The highest BCUT2D eigenvalue weighted by molar-refractivity contribution is 7.99. The summed E-state index contributed by atoms with van der Waals surface area (Å²) >= 11 is 1.14. The number of thioether (sulfide) groups is 1. The molecule has 0 aliphatic heterocycles. The Morgan fingerprint density at radius 3 is 2.68 bits per heavy atom. The lowest BCUT2D eigenvalue weighted by atomic mass is 10.2. The van der Waals surface area contributed by atoms with Crippen molar-refractivity contribution in [2.24, 2.45) is 0 Å². The van der Waals surface area contributed by atoms with Crippen LogP contribution < -0.4 is 16.2 Å². The Bertz CT molecular complexity index is 834. The number of carbonyl (C=O) groups excluding carboxylic acids is 2. The summed E-state index contributed by atoms with van der Waals surface area (Å²) in [7, 11) is 0. The van der Waals surface area contributed by atoms with Gasteiger partial charge in [0, 0.05) is 12.6 Å². The highest BCUT2D eigenvalue weighted by Crippen LogP contribution is 2.17. The first kappa shape index (κ1) is 19.0. The van der Waals surface area contributed by atoms with Gasteiger partial charge in [-0.15, -0.1) is 0 Å². The van der Waals surface area contributed by atoms with Crippen LogP contribution in [-0.2, 0) is 11.3 Å². The van der Waals surface area contributed by atoms with E-state index in [2.05, 4.69) is 15.6 Å². The minimum atomic E-state index is -0.515. The summed E-state index contributed by atoms with van der Waals surface area (Å²) in [6, 6.07) is 6.58. The number of nitrogens with one attached hydrogen (secondary N) is 2. The molecule has 2 aromatic rings. The Morgan fingerprint density at radius 2 is 2.00 bits per heavy atom. The monoisotopic (exact) mass is 362 g/mol. The van der Waals surface area contributed by atoms with E-state index in [-0.39, 0.29) is 17.4 Å². The smallest absolute Gasteiger partial charge is 0.321 e. The molecule has 25 heavy (non-hydrogen) atoms. The zero-order chi connectivity index (χ0) is 18.4. The molecule has 7 nitrogen and oxygen atoms in total. The summed E-state index contributed by atoms with van der Waals surface area (Å²) in [6.45, 7) is 6.10. The van der Waals surface area contributed by atoms with E-state index in [1.54, 1.807) is 18.2 Å². The Labute approximate surface area is 150 Å². The third-order valence-corrected chi connectivity index (χ3v) is 4.69. The first-order valence-electron chi connectivity index (χ1n) is 8.19. The van der Waals surface area contributed by atoms with Crippen LogP contribution in [0.1, 0.15) is 27.2 Å². The molecule has 0 aliphatic carbocycles. The normalized spacial score (nSPS) is 12.0. The zero-order valence-electron chi connectivity index (χ0n) is 14.5. The number of urea groups is 1. The number of benzene rings is 1. The second-order valence-electron chi connectivity index (χ2n) is 5.58. The number of fused-ring (bicyclic) bond motifs is 1. The Kier molecular flexibility index (Phi) is 6.58. The van der Waals surface area contributed by atoms with Crippen LogP contribution in [-0.4, -0.2) is 33.3 Å². The van der Waals surface area contributed by atoms with E-state index in [4.69, 9.17) is 0 Å². The van der Waals surface area contributed by atoms with Crippen LogP contribution in [0.25, 0.3) is 10.9 Å². The van der Waals surface area contributed by atoms with Crippen molar-refractivity contribution < 1.29 is 9.59 Å². The van der Waals surface area contributed by atoms with E-state index in [1.807, 2.05) is 26.8 Å². The maximum absolute atomic E-state index is 12.5. The van der Waals surface area contributed by atoms with Crippen LogP contribution in [0.2, 0.25) is 0 Å². The van der Waals surface area contributed by atoms with Crippen LogP contribution in [0.5, 0.6) is 0 Å². The van der Waals surface area contributed by atoms with Gasteiger partial charge in [0.1, 0.15) is 0 Å². The Hall–Kier alpha value is -2.35. The molecule has 134 valence electrons. The number of hydrogen-bond donors (Lipinski definition) is 2. The topological polar surface area (TPSA) is 93.1 Å². The van der Waals surface area contributed by atoms with E-state index in [9.17, 15) is 14.4 Å². The predicted molar refractivity (Wildman–Crippen MR) is 98.8 cm³/mol. The van der Waals surface area contributed by atoms with E-state index >= 15 is 0 Å². The van der Waals surface area contributed by atoms with Crippen LogP contribution in [0.4, 0.5) is 4.79 Å². The van der Waals surface area contributed by atoms with Gasteiger partial charge in [-0.3, -0.25) is 19.5 Å². The highest BCUT2D eigenvalue weighted by atomic mass is 32.2. The van der Waals surface area contributed by atoms with Gasteiger partial charge in [0.15, 0.2) is 5.16 Å². The standard InChI is InChI=1S/C17H22N4O3S/c1-4-11(3)18-16(24)20-14(22)10-25-17-19-13-9-7-6-8-12(13)15(23)21(17)5-2/h6-9,11H,4-5,10H2,1-3H3,(H2,18,20,22,24)/t11-/m1/s1. The van der Waals surface area contributed by atoms with Crippen molar-refractivity contribution in [2.45, 2.75) is 44.9 Å². The lowest BCUT2D eigenvalue weighted by Gasteiger charge is -2.13. The summed E-state index contributed by atoms with van der Waals surface area (Å²) in [6.07, 6.45) is 0.778. The molecule has 8 heteroatoms. The third kappa shape index (κ3) is 4.82. The minimum Gasteiger partial charge on any atom is -0.335 e. The van der Waals surface area contributed by atoms with Crippen molar-refractivity contribution in [3.05, 3.63) is 34.6 Å². The maximum Gasteiger partial charge on any atom is 0.321 e. The fourth-order valence-electron chi connectivity index (χ4n) is 2.19. The number of aromatic nitrogens is 2. The molecule has 1 heterocycles. The first-order chi connectivity index (χ1) is 12.0. The lowest BCUT2D eigenvalue weighted by Crippen LogP contribution is -2.44. The van der Waals surface area contributed by atoms with Gasteiger partial charge in [-0.2, -0.15) is 0 Å². The van der Waals surface area contributed by atoms with Gasteiger partial charge in [0.2, 0.25) is 5.91 Å². The summed E-state index contributed by atoms with van der Waals surface area (Å²) in [5, 5.41) is 5.95. The number of rotatable bonds is 6. The van der Waals surface area contributed by atoms with Gasteiger partial charge in [0.05, 0.1) is 16.7 Å². The molecule has 1 aromatic carbocycles. The van der Waals surface area contributed by atoms with Crippen molar-refractivity contribution in [3.8, 4) is 0 Å². The number of para-hydroxylation sites is 1. The largest absolute Gasteiger partial charge is 0.335 e. The molecule has 0 radical (unpaired) electrons. The number of carbonyl (C=O) groups is 2. The molecule has 1 atom stereocenters. The molecule has 3 amide bonds. The van der Waals surface area contributed by atoms with Crippen LogP contribution in [0.15, 0.2) is 34.2 Å². The molecule has 0 spiro atoms. The molecule has 0 saturated heterocycles. The number of imide groups is 1. The highest BCUT2D eigenvalue weighted by Gasteiger charge is 2.14. The molecule has 2 rings (SSSR count). The average molecular weight is 362 g/mol. The third-order valence-electron chi connectivity index (χ3n) is 3.72. The molecule has 0 unspecified atom stereocenters. The molecule has 2 N–H and O–H groups in total. The summed E-state index contributed by atoms with van der Waals surface area (Å²) in [5.74, 6) is -0.436. The van der Waals surface area contributed by atoms with Crippen molar-refractivity contribution in [2.75, 3.05) is 5.75 Å². The Balaban J connectivity index is 2.09. The van der Waals surface area contributed by atoms with Crippen LogP contribution in [0, 0.1) is 0 Å². The second-order valence-corrected chi connectivity index (χ2v) is 6.52. The van der Waals surface area contributed by atoms with Gasteiger partial charge in [-0.05, 0) is 32.4 Å². The maximum atomic E-state index is 12.5. The SMILES string of the molecule is CC[C@@H](C)NC(=O)NC(=O)CSc1nc2ccccc2c(=O)n1CC. The fourth-order valence-corrected chi connectivity index (χ4v) is 3.05. The van der Waals surface area contributed by atoms with Crippen molar-refractivity contribution >= 4 is 34.6 Å². The van der Waals surface area contributed by atoms with Gasteiger partial charge < -0.3 is 5.32 Å². The van der Waals surface area contributed by atoms with Crippen molar-refractivity contribution in [1.29, 1.82) is 0 Å². The summed E-state index contributed by atoms with van der Waals surface area (Å²) in [4.78, 5) is 40.6. The molecular formula is C17H22N4O3S. The minimum absolute atomic E-state index is 0.00128. The fraction of sp³-hybridized carbons (Fsp3) is 0.412. The van der Waals surface area contributed by atoms with E-state index in [1.165, 1.54) is 4.57 Å². The van der Waals surface area contributed by atoms with Crippen LogP contribution >= 0.6 is 11.8 Å². The first-order valence-corrected chi connectivity index (χ1v) is 9.17. The molecule has 1 aromatic heterocycles. The van der Waals surface area contributed by atoms with Gasteiger partial charge in [-0.25, -0.2) is 9.78 Å². The quantitative estimate of drug-likeness (QED) is 0.607. The van der Waals surface area contributed by atoms with Gasteiger partial charge in [-0.1, -0.05) is 30.8 Å². The molecule has 0 aliphatic rings. The molecular weight excluding hydrogens is 340 g/mol. The number of hydrogen-bond acceptors (Lipinski definition) is 5. The van der Waals surface area contributed by atoms with Crippen molar-refractivity contribution in [3.63, 3.8) is 0 Å². The van der Waals surface area contributed by atoms with Crippen molar-refractivity contribution in [1.82, 2.24) is 20.2 Å². The second kappa shape index (κ2) is 8.66. The van der Waals surface area contributed by atoms with Gasteiger partial charge >= 0.3 is 6.03 Å². The number of nitrogens with zero attached hydrogens (tertiary/aromatic N) is 2. The lowest BCUT2D eigenvalue weighted by molar-refractivity contribution is -0.117. The van der Waals surface area contributed by atoms with Crippen LogP contribution in [0.3, 0.4) is 0 Å². The number of amides is 3. The molecule has 0 saturated carbocycles. The van der Waals surface area contributed by atoms with E-state index in [0.29, 0.717) is 22.6 Å². The van der Waals surface area contributed by atoms with E-state index < -0.39 is 11.9 Å². The average Bonchev–Trinajstić information content (AvgIpc) is 2.59. The molecule has 0 bridgehead atoms. The van der Waals surface area contributed by atoms with E-state index in [0.717, 1.165) is 18.2 Å². The predicted octanol–water partition coefficient (Wildman–Crippen LogP) is 2.13. The summed E-state index contributed by atoms with van der Waals surface area (Å²) in [5.41, 5.74) is 0.458. The van der Waals surface area contributed by atoms with Gasteiger partial charge in [0.25, 0.3) is 5.56 Å². The summed E-state index contributed by atoms with van der Waals surface area (Å²) < 4.78 is 1.53. The molecule has 0 fully saturated rings. The zero-order valence-corrected chi connectivity index (χ0v) is 15.4.